The van der Waals surface area contributed by atoms with Crippen LogP contribution in [0.3, 0.4) is 0 Å². The van der Waals surface area contributed by atoms with Crippen molar-refractivity contribution in [2.24, 2.45) is 0 Å². The van der Waals surface area contributed by atoms with Gasteiger partial charge >= 0.3 is 6.03 Å². The Bertz CT molecular complexity index is 604. The van der Waals surface area contributed by atoms with E-state index in [9.17, 15) is 9.90 Å². The first-order chi connectivity index (χ1) is 10.1. The molecule has 2 atom stereocenters. The van der Waals surface area contributed by atoms with Gasteiger partial charge in [-0.15, -0.1) is 0 Å². The van der Waals surface area contributed by atoms with Crippen LogP contribution in [-0.4, -0.2) is 17.2 Å². The van der Waals surface area contributed by atoms with E-state index in [2.05, 4.69) is 10.6 Å². The van der Waals surface area contributed by atoms with Crippen LogP contribution >= 0.6 is 11.6 Å². The Morgan fingerprint density at radius 2 is 1.86 bits per heavy atom. The number of rotatable bonds is 4. The quantitative estimate of drug-likeness (QED) is 0.808. The van der Waals surface area contributed by atoms with Crippen LogP contribution in [0.1, 0.15) is 18.6 Å². The van der Waals surface area contributed by atoms with Crippen molar-refractivity contribution in [3.05, 3.63) is 65.2 Å². The van der Waals surface area contributed by atoms with Gasteiger partial charge < -0.3 is 15.7 Å². The highest BCUT2D eigenvalue weighted by atomic mass is 35.5. The summed E-state index contributed by atoms with van der Waals surface area (Å²) in [5, 5.41) is 16.1. The fraction of sp³-hybridized carbons (Fsp3) is 0.188. The Balaban J connectivity index is 1.93. The van der Waals surface area contributed by atoms with E-state index < -0.39 is 12.1 Å². The molecule has 110 valence electrons. The highest BCUT2D eigenvalue weighted by Crippen LogP contribution is 2.17. The molecule has 0 saturated carbocycles. The normalized spacial score (nSPS) is 13.3. The summed E-state index contributed by atoms with van der Waals surface area (Å²) in [4.78, 5) is 11.9. The Labute approximate surface area is 128 Å². The first-order valence-electron chi connectivity index (χ1n) is 6.62. The largest absolute Gasteiger partial charge is 0.386 e. The average molecular weight is 305 g/mol. The zero-order chi connectivity index (χ0) is 15.2. The average Bonchev–Trinajstić information content (AvgIpc) is 2.47. The summed E-state index contributed by atoms with van der Waals surface area (Å²) < 4.78 is 0. The third kappa shape index (κ3) is 4.48. The number of anilines is 1. The van der Waals surface area contributed by atoms with Crippen LogP contribution < -0.4 is 10.6 Å². The number of aliphatic hydroxyl groups is 1. The molecule has 2 rings (SSSR count). The third-order valence-corrected chi connectivity index (χ3v) is 3.29. The number of hydrogen-bond acceptors (Lipinski definition) is 2. The summed E-state index contributed by atoms with van der Waals surface area (Å²) in [6.45, 7) is 1.75. The van der Waals surface area contributed by atoms with Gasteiger partial charge in [-0.2, -0.15) is 0 Å². The summed E-state index contributed by atoms with van der Waals surface area (Å²) in [5.41, 5.74) is 1.36. The molecule has 0 aliphatic heterocycles. The smallest absolute Gasteiger partial charge is 0.319 e. The fourth-order valence-electron chi connectivity index (χ4n) is 1.96. The molecular formula is C16H17ClN2O2. The van der Waals surface area contributed by atoms with E-state index in [0.717, 1.165) is 5.56 Å². The predicted molar refractivity (Wildman–Crippen MR) is 84.5 cm³/mol. The molecule has 5 heteroatoms. The maximum Gasteiger partial charge on any atom is 0.319 e. The predicted octanol–water partition coefficient (Wildman–Crippen LogP) is 3.58. The second-order valence-electron chi connectivity index (χ2n) is 4.75. The number of urea groups is 1. The molecule has 0 saturated heterocycles. The van der Waals surface area contributed by atoms with E-state index in [1.165, 1.54) is 0 Å². The molecule has 0 aliphatic carbocycles. The first kappa shape index (κ1) is 15.4. The first-order valence-corrected chi connectivity index (χ1v) is 7.00. The molecule has 0 spiro atoms. The molecule has 3 N–H and O–H groups in total. The van der Waals surface area contributed by atoms with Crippen molar-refractivity contribution >= 4 is 23.3 Å². The minimum Gasteiger partial charge on any atom is -0.386 e. The van der Waals surface area contributed by atoms with Crippen molar-refractivity contribution in [3.63, 3.8) is 0 Å². The van der Waals surface area contributed by atoms with Gasteiger partial charge in [-0.1, -0.05) is 48.0 Å². The van der Waals surface area contributed by atoms with Crippen molar-refractivity contribution in [2.45, 2.75) is 19.1 Å². The highest BCUT2D eigenvalue weighted by molar-refractivity contribution is 6.30. The van der Waals surface area contributed by atoms with Gasteiger partial charge in [0.2, 0.25) is 0 Å². The lowest BCUT2D eigenvalue weighted by atomic mass is 10.0. The van der Waals surface area contributed by atoms with Crippen molar-refractivity contribution in [2.75, 3.05) is 5.32 Å². The lowest BCUT2D eigenvalue weighted by Crippen LogP contribution is -2.39. The summed E-state index contributed by atoms with van der Waals surface area (Å²) in [6.07, 6.45) is -0.767. The maximum atomic E-state index is 11.9. The summed E-state index contributed by atoms with van der Waals surface area (Å²) in [7, 11) is 0. The minimum absolute atomic E-state index is 0.389. The zero-order valence-electron chi connectivity index (χ0n) is 11.6. The van der Waals surface area contributed by atoms with Gasteiger partial charge in [0.25, 0.3) is 0 Å². The highest BCUT2D eigenvalue weighted by Gasteiger charge is 2.18. The zero-order valence-corrected chi connectivity index (χ0v) is 12.3. The lowest BCUT2D eigenvalue weighted by Gasteiger charge is -2.20. The molecule has 0 aromatic heterocycles. The maximum absolute atomic E-state index is 11.9. The Kier molecular flexibility index (Phi) is 5.20. The van der Waals surface area contributed by atoms with Crippen LogP contribution in [0.25, 0.3) is 0 Å². The number of benzene rings is 2. The third-order valence-electron chi connectivity index (χ3n) is 3.06. The topological polar surface area (TPSA) is 61.4 Å². The van der Waals surface area contributed by atoms with Crippen molar-refractivity contribution in [1.82, 2.24) is 5.32 Å². The van der Waals surface area contributed by atoms with Gasteiger partial charge in [0.05, 0.1) is 12.1 Å². The molecule has 4 nitrogen and oxygen atoms in total. The number of nitrogens with one attached hydrogen (secondary N) is 2. The van der Waals surface area contributed by atoms with E-state index in [4.69, 9.17) is 11.6 Å². The van der Waals surface area contributed by atoms with E-state index in [1.807, 2.05) is 30.3 Å². The molecular weight excluding hydrogens is 288 g/mol. The molecule has 0 radical (unpaired) electrons. The second-order valence-corrected chi connectivity index (χ2v) is 5.19. The van der Waals surface area contributed by atoms with Crippen LogP contribution in [0.15, 0.2) is 54.6 Å². The summed E-state index contributed by atoms with van der Waals surface area (Å²) in [6, 6.07) is 15.3. The molecule has 2 unspecified atom stereocenters. The molecule has 0 bridgehead atoms. The molecule has 2 aromatic rings. The van der Waals surface area contributed by atoms with E-state index in [1.54, 1.807) is 31.2 Å². The lowest BCUT2D eigenvalue weighted by molar-refractivity contribution is 0.139. The molecule has 0 aliphatic rings. The van der Waals surface area contributed by atoms with Gasteiger partial charge in [0.15, 0.2) is 0 Å². The molecule has 2 amide bonds. The molecule has 0 fully saturated rings. The van der Waals surface area contributed by atoms with Crippen LogP contribution in [0.2, 0.25) is 5.02 Å². The molecule has 2 aromatic carbocycles. The van der Waals surface area contributed by atoms with Crippen molar-refractivity contribution in [1.29, 1.82) is 0 Å². The van der Waals surface area contributed by atoms with Gasteiger partial charge in [0.1, 0.15) is 0 Å². The van der Waals surface area contributed by atoms with Gasteiger partial charge in [-0.25, -0.2) is 4.79 Å². The van der Waals surface area contributed by atoms with E-state index in [0.29, 0.717) is 10.7 Å². The number of carbonyl (C=O) groups excluding carboxylic acids is 1. The molecule has 0 heterocycles. The van der Waals surface area contributed by atoms with Gasteiger partial charge in [-0.3, -0.25) is 0 Å². The monoisotopic (exact) mass is 304 g/mol. The Hall–Kier alpha value is -2.04. The summed E-state index contributed by atoms with van der Waals surface area (Å²) >= 11 is 5.85. The van der Waals surface area contributed by atoms with Gasteiger partial charge in [0, 0.05) is 10.7 Å². The second kappa shape index (κ2) is 7.11. The van der Waals surface area contributed by atoms with E-state index >= 15 is 0 Å². The summed E-state index contributed by atoms with van der Waals surface area (Å²) in [5.74, 6) is 0. The Morgan fingerprint density at radius 1 is 1.14 bits per heavy atom. The number of carbonyl (C=O) groups is 1. The SMILES string of the molecule is CC(NC(=O)Nc1cccc(Cl)c1)C(O)c1ccccc1. The van der Waals surface area contributed by atoms with Crippen LogP contribution in [0.5, 0.6) is 0 Å². The van der Waals surface area contributed by atoms with Crippen molar-refractivity contribution in [3.8, 4) is 0 Å². The number of amides is 2. The number of hydrogen-bond donors (Lipinski definition) is 3. The minimum atomic E-state index is -0.767. The number of aliphatic hydroxyl groups excluding tert-OH is 1. The Morgan fingerprint density at radius 3 is 2.52 bits per heavy atom. The fourth-order valence-corrected chi connectivity index (χ4v) is 2.15. The number of halogens is 1. The van der Waals surface area contributed by atoms with Crippen LogP contribution in [0, 0.1) is 0 Å². The van der Waals surface area contributed by atoms with Crippen LogP contribution in [-0.2, 0) is 0 Å². The standard InChI is InChI=1S/C16H17ClN2O2/c1-11(15(20)12-6-3-2-4-7-12)18-16(21)19-14-9-5-8-13(17)10-14/h2-11,15,20H,1H3,(H2,18,19,21). The van der Waals surface area contributed by atoms with Crippen molar-refractivity contribution < 1.29 is 9.90 Å². The molecule has 21 heavy (non-hydrogen) atoms. The van der Waals surface area contributed by atoms with Gasteiger partial charge in [-0.05, 0) is 30.7 Å². The van der Waals surface area contributed by atoms with Crippen LogP contribution in [0.4, 0.5) is 10.5 Å². The van der Waals surface area contributed by atoms with E-state index in [-0.39, 0.29) is 6.03 Å².